The quantitative estimate of drug-likeness (QED) is 0.533. The summed E-state index contributed by atoms with van der Waals surface area (Å²) in [6, 6.07) is 13.2. The normalized spacial score (nSPS) is 11.0. The molecular weight excluding hydrogens is 366 g/mol. The second kappa shape index (κ2) is 7.12. The second-order valence-electron chi connectivity index (χ2n) is 5.93. The van der Waals surface area contributed by atoms with E-state index in [-0.39, 0.29) is 13.2 Å². The summed E-state index contributed by atoms with van der Waals surface area (Å²) in [6.45, 7) is 1.49. The number of carbonyl (C=O) groups excluding carboxylic acids is 2. The highest BCUT2D eigenvalue weighted by Crippen LogP contribution is 2.26. The molecule has 2 aromatic carbocycles. The minimum absolute atomic E-state index is 0.117. The molecule has 0 atom stereocenters. The van der Waals surface area contributed by atoms with Crippen molar-refractivity contribution in [2.75, 3.05) is 11.9 Å². The van der Waals surface area contributed by atoms with Gasteiger partial charge in [0.05, 0.1) is 15.7 Å². The highest BCUT2D eigenvalue weighted by molar-refractivity contribution is 7.22. The number of carbonyl (C=O) groups is 2. The molecule has 0 bridgehead atoms. The lowest BCUT2D eigenvalue weighted by Gasteiger charge is -2.05. The molecule has 0 fully saturated rings. The molecule has 2 aromatic heterocycles. The van der Waals surface area contributed by atoms with Crippen LogP contribution in [-0.4, -0.2) is 38.5 Å². The lowest BCUT2D eigenvalue weighted by molar-refractivity contribution is -0.148. The van der Waals surface area contributed by atoms with E-state index < -0.39 is 11.9 Å². The number of nitrogens with one attached hydrogen (secondary N) is 1. The third kappa shape index (κ3) is 3.77. The summed E-state index contributed by atoms with van der Waals surface area (Å²) < 4.78 is 7.45. The minimum Gasteiger partial charge on any atom is -0.454 e. The highest BCUT2D eigenvalue weighted by Gasteiger charge is 2.13. The number of aromatic nitrogens is 4. The van der Waals surface area contributed by atoms with Crippen molar-refractivity contribution in [2.24, 2.45) is 0 Å². The van der Waals surface area contributed by atoms with Crippen LogP contribution in [0, 0.1) is 6.92 Å². The number of nitrogens with zero attached hydrogens (tertiary/aromatic N) is 4. The molecule has 8 nitrogen and oxygen atoms in total. The van der Waals surface area contributed by atoms with Crippen molar-refractivity contribution < 1.29 is 14.3 Å². The first-order valence-electron chi connectivity index (χ1n) is 8.19. The van der Waals surface area contributed by atoms with Gasteiger partial charge in [-0.1, -0.05) is 34.7 Å². The summed E-state index contributed by atoms with van der Waals surface area (Å²) in [5.41, 5.74) is 3.35. The maximum Gasteiger partial charge on any atom is 0.328 e. The van der Waals surface area contributed by atoms with E-state index in [0.717, 1.165) is 21.3 Å². The van der Waals surface area contributed by atoms with Crippen LogP contribution < -0.4 is 5.32 Å². The molecule has 4 aromatic rings. The molecule has 0 aliphatic rings. The van der Waals surface area contributed by atoms with E-state index >= 15 is 0 Å². The number of rotatable bonds is 5. The third-order valence-corrected chi connectivity index (χ3v) is 4.79. The summed E-state index contributed by atoms with van der Waals surface area (Å²) >= 11 is 1.37. The highest BCUT2D eigenvalue weighted by atomic mass is 32.1. The Kier molecular flexibility index (Phi) is 4.51. The first-order chi connectivity index (χ1) is 13.1. The van der Waals surface area contributed by atoms with Gasteiger partial charge >= 0.3 is 5.97 Å². The van der Waals surface area contributed by atoms with E-state index in [1.54, 1.807) is 6.07 Å². The van der Waals surface area contributed by atoms with Crippen molar-refractivity contribution in [3.63, 3.8) is 0 Å². The molecule has 0 unspecified atom stereocenters. The number of aryl methyl sites for hydroxylation is 1. The van der Waals surface area contributed by atoms with Crippen LogP contribution in [0.1, 0.15) is 5.56 Å². The monoisotopic (exact) mass is 381 g/mol. The molecule has 9 heteroatoms. The van der Waals surface area contributed by atoms with Gasteiger partial charge in [0.2, 0.25) is 0 Å². The predicted molar refractivity (Wildman–Crippen MR) is 101 cm³/mol. The Balaban J connectivity index is 1.33. The van der Waals surface area contributed by atoms with Crippen LogP contribution in [0.3, 0.4) is 0 Å². The minimum atomic E-state index is -0.569. The van der Waals surface area contributed by atoms with Gasteiger partial charge in [0, 0.05) is 0 Å². The zero-order valence-electron chi connectivity index (χ0n) is 14.4. The van der Waals surface area contributed by atoms with Gasteiger partial charge in [-0.05, 0) is 36.8 Å². The van der Waals surface area contributed by atoms with Crippen molar-refractivity contribution in [3.8, 4) is 0 Å². The second-order valence-corrected chi connectivity index (χ2v) is 6.97. The van der Waals surface area contributed by atoms with Gasteiger partial charge in [-0.2, -0.15) is 0 Å². The Labute approximate surface area is 157 Å². The molecule has 136 valence electrons. The third-order valence-electron chi connectivity index (χ3n) is 3.85. The number of amides is 1. The standard InChI is InChI=1S/C18H15N5O3S/c1-11-6-7-13-15(8-11)27-18(19-13)20-16(24)10-26-17(25)9-23-14-5-3-2-4-12(14)21-22-23/h2-8H,9-10H2,1H3,(H,19,20,24). The Morgan fingerprint density at radius 1 is 1.19 bits per heavy atom. The van der Waals surface area contributed by atoms with Gasteiger partial charge in [0.15, 0.2) is 11.7 Å². The largest absolute Gasteiger partial charge is 0.454 e. The van der Waals surface area contributed by atoms with Gasteiger partial charge in [-0.15, -0.1) is 5.10 Å². The summed E-state index contributed by atoms with van der Waals surface area (Å²) in [6.07, 6.45) is 0. The fraction of sp³-hybridized carbons (Fsp3) is 0.167. The maximum atomic E-state index is 12.0. The van der Waals surface area contributed by atoms with Crippen LogP contribution in [0.15, 0.2) is 42.5 Å². The van der Waals surface area contributed by atoms with Crippen molar-refractivity contribution in [1.82, 2.24) is 20.0 Å². The van der Waals surface area contributed by atoms with Crippen LogP contribution in [0.25, 0.3) is 21.3 Å². The molecule has 0 spiro atoms. The lowest BCUT2D eigenvalue weighted by atomic mass is 10.2. The van der Waals surface area contributed by atoms with E-state index in [0.29, 0.717) is 10.6 Å². The zero-order chi connectivity index (χ0) is 18.8. The number of para-hydroxylation sites is 1. The van der Waals surface area contributed by atoms with Gasteiger partial charge in [0.1, 0.15) is 12.1 Å². The first-order valence-corrected chi connectivity index (χ1v) is 9.01. The summed E-state index contributed by atoms with van der Waals surface area (Å²) in [5.74, 6) is -1.01. The molecule has 2 heterocycles. The van der Waals surface area contributed by atoms with E-state index in [4.69, 9.17) is 4.74 Å². The summed E-state index contributed by atoms with van der Waals surface area (Å²) in [5, 5.41) is 11.0. The first kappa shape index (κ1) is 17.1. The fourth-order valence-electron chi connectivity index (χ4n) is 2.59. The molecule has 0 saturated carbocycles. The predicted octanol–water partition coefficient (Wildman–Crippen LogP) is 2.53. The molecule has 1 amide bonds. The molecule has 0 aliphatic carbocycles. The van der Waals surface area contributed by atoms with Crippen LogP contribution in [-0.2, 0) is 20.9 Å². The molecule has 0 saturated heterocycles. The van der Waals surface area contributed by atoms with Crippen molar-refractivity contribution >= 4 is 49.6 Å². The number of esters is 1. The topological polar surface area (TPSA) is 99.0 Å². The summed E-state index contributed by atoms with van der Waals surface area (Å²) in [4.78, 5) is 28.3. The number of benzene rings is 2. The molecule has 27 heavy (non-hydrogen) atoms. The number of anilines is 1. The zero-order valence-corrected chi connectivity index (χ0v) is 15.2. The van der Waals surface area contributed by atoms with Gasteiger partial charge in [-0.3, -0.25) is 14.9 Å². The average molecular weight is 381 g/mol. The van der Waals surface area contributed by atoms with E-state index in [1.807, 2.05) is 43.3 Å². The SMILES string of the molecule is Cc1ccc2nc(NC(=O)COC(=O)Cn3nnc4ccccc43)sc2c1. The maximum absolute atomic E-state index is 12.0. The van der Waals surface area contributed by atoms with E-state index in [1.165, 1.54) is 16.0 Å². The average Bonchev–Trinajstić information content (AvgIpc) is 3.23. The van der Waals surface area contributed by atoms with Crippen LogP contribution >= 0.6 is 11.3 Å². The van der Waals surface area contributed by atoms with E-state index in [9.17, 15) is 9.59 Å². The number of ether oxygens (including phenoxy) is 1. The van der Waals surface area contributed by atoms with Crippen LogP contribution in [0.4, 0.5) is 5.13 Å². The fourth-order valence-corrected chi connectivity index (χ4v) is 3.57. The van der Waals surface area contributed by atoms with Crippen LogP contribution in [0.2, 0.25) is 0 Å². The Bertz CT molecular complexity index is 1150. The molecule has 0 aliphatic heterocycles. The number of hydrogen-bond acceptors (Lipinski definition) is 7. The number of hydrogen-bond donors (Lipinski definition) is 1. The Morgan fingerprint density at radius 2 is 2.04 bits per heavy atom. The van der Waals surface area contributed by atoms with Gasteiger partial charge < -0.3 is 4.74 Å². The van der Waals surface area contributed by atoms with Crippen molar-refractivity contribution in [2.45, 2.75) is 13.5 Å². The number of fused-ring (bicyclic) bond motifs is 2. The Morgan fingerprint density at radius 3 is 2.93 bits per heavy atom. The molecule has 0 radical (unpaired) electrons. The lowest BCUT2D eigenvalue weighted by Crippen LogP contribution is -2.23. The van der Waals surface area contributed by atoms with E-state index in [2.05, 4.69) is 20.6 Å². The summed E-state index contributed by atoms with van der Waals surface area (Å²) in [7, 11) is 0. The Hall–Kier alpha value is -3.33. The van der Waals surface area contributed by atoms with Crippen LogP contribution in [0.5, 0.6) is 0 Å². The molecular formula is C18H15N5O3S. The smallest absolute Gasteiger partial charge is 0.328 e. The van der Waals surface area contributed by atoms with Crippen molar-refractivity contribution in [1.29, 1.82) is 0 Å². The van der Waals surface area contributed by atoms with Gasteiger partial charge in [-0.25, -0.2) is 9.67 Å². The molecule has 4 rings (SSSR count). The number of thiazole rings is 1. The van der Waals surface area contributed by atoms with Gasteiger partial charge in [0.25, 0.3) is 5.91 Å². The van der Waals surface area contributed by atoms with Crippen molar-refractivity contribution in [3.05, 3.63) is 48.0 Å². The molecule has 1 N–H and O–H groups in total.